The van der Waals surface area contributed by atoms with E-state index in [4.69, 9.17) is 9.26 Å². The zero-order valence-corrected chi connectivity index (χ0v) is 16.8. The normalized spacial score (nSPS) is 10.6. The van der Waals surface area contributed by atoms with Gasteiger partial charge in [-0.1, -0.05) is 47.6 Å². The summed E-state index contributed by atoms with van der Waals surface area (Å²) in [4.78, 5) is 18.3. The van der Waals surface area contributed by atoms with E-state index in [2.05, 4.69) is 22.3 Å². The Morgan fingerprint density at radius 1 is 1.18 bits per heavy atom. The van der Waals surface area contributed by atoms with Gasteiger partial charge in [-0.2, -0.15) is 16.7 Å². The van der Waals surface area contributed by atoms with Gasteiger partial charge in [-0.3, -0.25) is 4.79 Å². The number of hydrogen-bond acceptors (Lipinski definition) is 6. The third-order valence-electron chi connectivity index (χ3n) is 4.17. The topological polar surface area (TPSA) is 68.5 Å². The minimum Gasteiger partial charge on any atom is -0.497 e. The van der Waals surface area contributed by atoms with Crippen LogP contribution in [0, 0.1) is 0 Å². The summed E-state index contributed by atoms with van der Waals surface area (Å²) in [6, 6.07) is 17.7. The fourth-order valence-corrected chi connectivity index (χ4v) is 3.50. The highest BCUT2D eigenvalue weighted by molar-refractivity contribution is 7.98. The number of amides is 1. The van der Waals surface area contributed by atoms with Crippen molar-refractivity contribution in [2.75, 3.05) is 19.9 Å². The lowest BCUT2D eigenvalue weighted by Crippen LogP contribution is -2.26. The van der Waals surface area contributed by atoms with Crippen molar-refractivity contribution in [1.82, 2.24) is 15.0 Å². The minimum atomic E-state index is 0.0571. The first-order chi connectivity index (χ1) is 13.7. The van der Waals surface area contributed by atoms with Crippen LogP contribution >= 0.6 is 11.8 Å². The second kappa shape index (κ2) is 9.94. The van der Waals surface area contributed by atoms with Crippen molar-refractivity contribution in [2.24, 2.45) is 0 Å². The van der Waals surface area contributed by atoms with Crippen LogP contribution in [0.1, 0.15) is 17.9 Å². The predicted molar refractivity (Wildman–Crippen MR) is 110 cm³/mol. The molecule has 0 bridgehead atoms. The number of ether oxygens (including phenoxy) is 1. The number of rotatable bonds is 9. The number of carbonyl (C=O) groups is 1. The number of methoxy groups -OCH3 is 1. The fourth-order valence-electron chi connectivity index (χ4n) is 2.60. The van der Waals surface area contributed by atoms with Crippen molar-refractivity contribution < 1.29 is 14.1 Å². The summed E-state index contributed by atoms with van der Waals surface area (Å²) >= 11 is 1.75. The SMILES string of the molecule is COc1cccc(-c2noc(CN(C)C(=O)CCSCc3ccccc3)n2)c1. The van der Waals surface area contributed by atoms with Crippen molar-refractivity contribution in [1.29, 1.82) is 0 Å². The van der Waals surface area contributed by atoms with Crippen molar-refractivity contribution in [3.63, 3.8) is 0 Å². The molecule has 3 aromatic rings. The molecule has 0 aliphatic rings. The molecule has 1 heterocycles. The molecule has 0 radical (unpaired) electrons. The number of carbonyl (C=O) groups excluding carboxylic acids is 1. The molecule has 0 atom stereocenters. The first kappa shape index (κ1) is 19.9. The Kier molecular flexibility index (Phi) is 7.08. The molecular formula is C21H23N3O3S. The van der Waals surface area contributed by atoms with Gasteiger partial charge in [0.05, 0.1) is 13.7 Å². The molecule has 146 valence electrons. The maximum atomic E-state index is 12.3. The highest BCUT2D eigenvalue weighted by Crippen LogP contribution is 2.21. The van der Waals surface area contributed by atoms with Crippen LogP contribution in [-0.4, -0.2) is 40.9 Å². The molecule has 2 aromatic carbocycles. The van der Waals surface area contributed by atoms with Crippen molar-refractivity contribution in [2.45, 2.75) is 18.7 Å². The third kappa shape index (κ3) is 5.60. The van der Waals surface area contributed by atoms with Gasteiger partial charge in [0.1, 0.15) is 5.75 Å². The lowest BCUT2D eigenvalue weighted by molar-refractivity contribution is -0.130. The molecule has 1 aromatic heterocycles. The summed E-state index contributed by atoms with van der Waals surface area (Å²) in [7, 11) is 3.36. The van der Waals surface area contributed by atoms with Gasteiger partial charge in [0.2, 0.25) is 17.6 Å². The smallest absolute Gasteiger partial charge is 0.246 e. The van der Waals surface area contributed by atoms with Crippen LogP contribution in [0.2, 0.25) is 0 Å². The van der Waals surface area contributed by atoms with Gasteiger partial charge in [0, 0.05) is 30.5 Å². The second-order valence-electron chi connectivity index (χ2n) is 6.28. The van der Waals surface area contributed by atoms with Gasteiger partial charge >= 0.3 is 0 Å². The van der Waals surface area contributed by atoms with E-state index in [0.29, 0.717) is 24.7 Å². The standard InChI is InChI=1S/C21H23N3O3S/c1-24(20(25)11-12-28-15-16-7-4-3-5-8-16)14-19-22-21(23-27-19)17-9-6-10-18(13-17)26-2/h3-10,13H,11-12,14-15H2,1-2H3. The largest absolute Gasteiger partial charge is 0.497 e. The molecule has 0 N–H and O–H groups in total. The van der Waals surface area contributed by atoms with E-state index < -0.39 is 0 Å². The highest BCUT2D eigenvalue weighted by Gasteiger charge is 2.15. The summed E-state index contributed by atoms with van der Waals surface area (Å²) in [5, 5.41) is 4.00. The van der Waals surface area contributed by atoms with Crippen LogP contribution in [0.4, 0.5) is 0 Å². The van der Waals surface area contributed by atoms with Crippen molar-refractivity contribution in [3.8, 4) is 17.1 Å². The minimum absolute atomic E-state index is 0.0571. The second-order valence-corrected chi connectivity index (χ2v) is 7.39. The van der Waals surface area contributed by atoms with Crippen LogP contribution in [0.5, 0.6) is 5.75 Å². The molecule has 0 saturated carbocycles. The van der Waals surface area contributed by atoms with Crippen LogP contribution < -0.4 is 4.74 Å². The molecule has 0 spiro atoms. The Morgan fingerprint density at radius 3 is 2.79 bits per heavy atom. The summed E-state index contributed by atoms with van der Waals surface area (Å²) in [6.07, 6.45) is 0.477. The monoisotopic (exact) mass is 397 g/mol. The molecule has 28 heavy (non-hydrogen) atoms. The molecule has 1 amide bonds. The fraction of sp³-hybridized carbons (Fsp3) is 0.286. The number of nitrogens with zero attached hydrogens (tertiary/aromatic N) is 3. The van der Waals surface area contributed by atoms with Gasteiger partial charge in [-0.05, 0) is 17.7 Å². The molecule has 3 rings (SSSR count). The van der Waals surface area contributed by atoms with E-state index >= 15 is 0 Å². The lowest BCUT2D eigenvalue weighted by Gasteiger charge is -2.14. The Hall–Kier alpha value is -2.80. The average molecular weight is 398 g/mol. The molecule has 7 heteroatoms. The Morgan fingerprint density at radius 2 is 2.00 bits per heavy atom. The lowest BCUT2D eigenvalue weighted by atomic mass is 10.2. The molecule has 0 aliphatic carbocycles. The first-order valence-corrected chi connectivity index (χ1v) is 10.1. The number of benzene rings is 2. The average Bonchev–Trinajstić information content (AvgIpc) is 3.20. The van der Waals surface area contributed by atoms with E-state index in [1.54, 1.807) is 30.8 Å². The van der Waals surface area contributed by atoms with Gasteiger partial charge in [-0.25, -0.2) is 0 Å². The Bertz CT molecular complexity index is 899. The maximum absolute atomic E-state index is 12.3. The molecular weight excluding hydrogens is 374 g/mol. The molecule has 6 nitrogen and oxygen atoms in total. The van der Waals surface area contributed by atoms with E-state index in [0.717, 1.165) is 22.8 Å². The van der Waals surface area contributed by atoms with Gasteiger partial charge in [0.15, 0.2) is 0 Å². The molecule has 0 unspecified atom stereocenters. The summed E-state index contributed by atoms with van der Waals surface area (Å²) in [5.74, 6) is 3.35. The number of thioether (sulfide) groups is 1. The number of aromatic nitrogens is 2. The number of hydrogen-bond donors (Lipinski definition) is 0. The van der Waals surface area contributed by atoms with Crippen molar-refractivity contribution in [3.05, 3.63) is 66.1 Å². The van der Waals surface area contributed by atoms with Gasteiger partial charge < -0.3 is 14.2 Å². The van der Waals surface area contributed by atoms with E-state index in [-0.39, 0.29) is 5.91 Å². The highest BCUT2D eigenvalue weighted by atomic mass is 32.2. The van der Waals surface area contributed by atoms with E-state index in [9.17, 15) is 4.79 Å². The van der Waals surface area contributed by atoms with Gasteiger partial charge in [0.25, 0.3) is 0 Å². The Labute approximate surface area is 168 Å². The van der Waals surface area contributed by atoms with Crippen LogP contribution in [0.3, 0.4) is 0 Å². The Balaban J connectivity index is 1.47. The maximum Gasteiger partial charge on any atom is 0.246 e. The van der Waals surface area contributed by atoms with E-state index in [1.807, 2.05) is 42.5 Å². The molecule has 0 aliphatic heterocycles. The third-order valence-corrected chi connectivity index (χ3v) is 5.20. The van der Waals surface area contributed by atoms with Crippen molar-refractivity contribution >= 4 is 17.7 Å². The zero-order chi connectivity index (χ0) is 19.8. The zero-order valence-electron chi connectivity index (χ0n) is 16.0. The molecule has 0 saturated heterocycles. The van der Waals surface area contributed by atoms with Gasteiger partial charge in [-0.15, -0.1) is 0 Å². The van der Waals surface area contributed by atoms with Crippen LogP contribution in [0.25, 0.3) is 11.4 Å². The summed E-state index contributed by atoms with van der Waals surface area (Å²) in [5.41, 5.74) is 2.07. The summed E-state index contributed by atoms with van der Waals surface area (Å²) in [6.45, 7) is 0.291. The van der Waals surface area contributed by atoms with E-state index in [1.165, 1.54) is 5.56 Å². The van der Waals surface area contributed by atoms with Crippen LogP contribution in [-0.2, 0) is 17.1 Å². The predicted octanol–water partition coefficient (Wildman–Crippen LogP) is 4.03. The first-order valence-electron chi connectivity index (χ1n) is 8.98. The molecule has 0 fully saturated rings. The quantitative estimate of drug-likeness (QED) is 0.508. The van der Waals surface area contributed by atoms with Crippen LogP contribution in [0.15, 0.2) is 59.1 Å². The summed E-state index contributed by atoms with van der Waals surface area (Å²) < 4.78 is 10.5.